The summed E-state index contributed by atoms with van der Waals surface area (Å²) in [7, 11) is 2.22. The molecule has 1 aromatic carbocycles. The van der Waals surface area contributed by atoms with Crippen molar-refractivity contribution < 1.29 is 9.53 Å². The van der Waals surface area contributed by atoms with Crippen molar-refractivity contribution in [3.8, 4) is 0 Å². The van der Waals surface area contributed by atoms with Gasteiger partial charge in [0.05, 0.1) is 5.56 Å². The van der Waals surface area contributed by atoms with E-state index in [2.05, 4.69) is 41.5 Å². The molecule has 2 heterocycles. The quantitative estimate of drug-likeness (QED) is 0.574. The van der Waals surface area contributed by atoms with Gasteiger partial charge in [-0.05, 0) is 73.2 Å². The SMILES string of the molecule is CC[C@@H]1C2CCC(C[C@@H]1OC(=O)c1ccc(I)cc1)N2C. The van der Waals surface area contributed by atoms with Crippen molar-refractivity contribution in [1.29, 1.82) is 0 Å². The summed E-state index contributed by atoms with van der Waals surface area (Å²) in [5.41, 5.74) is 0.663. The molecule has 2 bridgehead atoms. The fourth-order valence-corrected chi connectivity index (χ4v) is 4.35. The highest BCUT2D eigenvalue weighted by Gasteiger charge is 2.46. The normalized spacial score (nSPS) is 32.1. The van der Waals surface area contributed by atoms with E-state index in [1.807, 2.05) is 24.3 Å². The van der Waals surface area contributed by atoms with Gasteiger partial charge in [0.25, 0.3) is 0 Å². The maximum absolute atomic E-state index is 12.4. The van der Waals surface area contributed by atoms with Crippen molar-refractivity contribution in [2.75, 3.05) is 7.05 Å². The summed E-state index contributed by atoms with van der Waals surface area (Å²) < 4.78 is 7.01. The summed E-state index contributed by atoms with van der Waals surface area (Å²) in [6.45, 7) is 2.21. The number of rotatable bonds is 3. The Balaban J connectivity index is 1.72. The van der Waals surface area contributed by atoms with Crippen LogP contribution in [0.4, 0.5) is 0 Å². The predicted molar refractivity (Wildman–Crippen MR) is 91.3 cm³/mol. The minimum Gasteiger partial charge on any atom is -0.458 e. The zero-order chi connectivity index (χ0) is 15.0. The zero-order valence-electron chi connectivity index (χ0n) is 12.6. The lowest BCUT2D eigenvalue weighted by Gasteiger charge is -2.42. The Morgan fingerprint density at radius 1 is 1.33 bits per heavy atom. The standard InChI is InChI=1S/C17H22INO2/c1-3-14-15-9-8-13(19(15)2)10-16(14)21-17(20)11-4-6-12(18)7-5-11/h4-7,13-16H,3,8-10H2,1-2H3/t13?,14-,15?,16+/m1/s1. The highest BCUT2D eigenvalue weighted by Crippen LogP contribution is 2.41. The number of nitrogens with zero attached hydrogens (tertiary/aromatic N) is 1. The number of hydrogen-bond acceptors (Lipinski definition) is 3. The third kappa shape index (κ3) is 2.97. The number of benzene rings is 1. The van der Waals surface area contributed by atoms with E-state index in [0.717, 1.165) is 16.4 Å². The lowest BCUT2D eigenvalue weighted by atomic mass is 9.85. The Bertz CT molecular complexity index is 516. The van der Waals surface area contributed by atoms with E-state index < -0.39 is 0 Å². The average molecular weight is 399 g/mol. The van der Waals surface area contributed by atoms with Crippen molar-refractivity contribution in [3.05, 3.63) is 33.4 Å². The Labute approximate surface area is 140 Å². The van der Waals surface area contributed by atoms with Crippen molar-refractivity contribution in [2.24, 2.45) is 5.92 Å². The minimum atomic E-state index is -0.168. The van der Waals surface area contributed by atoms with Crippen LogP contribution in [0.1, 0.15) is 43.0 Å². The molecule has 0 amide bonds. The summed E-state index contributed by atoms with van der Waals surface area (Å²) >= 11 is 2.24. The molecule has 4 heteroatoms. The van der Waals surface area contributed by atoms with Crippen molar-refractivity contribution >= 4 is 28.6 Å². The smallest absolute Gasteiger partial charge is 0.338 e. The highest BCUT2D eigenvalue weighted by molar-refractivity contribution is 14.1. The van der Waals surface area contributed by atoms with Gasteiger partial charge >= 0.3 is 5.97 Å². The number of halogens is 1. The molecule has 4 atom stereocenters. The van der Waals surface area contributed by atoms with Crippen molar-refractivity contribution in [2.45, 2.75) is 50.8 Å². The molecule has 0 spiro atoms. The highest BCUT2D eigenvalue weighted by atomic mass is 127. The second-order valence-electron chi connectivity index (χ2n) is 6.22. The third-order valence-electron chi connectivity index (χ3n) is 5.18. The summed E-state index contributed by atoms with van der Waals surface area (Å²) in [5, 5.41) is 0. The maximum Gasteiger partial charge on any atom is 0.338 e. The number of hydrogen-bond donors (Lipinski definition) is 0. The second kappa shape index (κ2) is 6.24. The van der Waals surface area contributed by atoms with Crippen LogP contribution in [0.3, 0.4) is 0 Å². The molecule has 0 radical (unpaired) electrons. The van der Waals surface area contributed by atoms with Crippen molar-refractivity contribution in [3.63, 3.8) is 0 Å². The molecule has 2 fully saturated rings. The molecule has 1 aromatic rings. The van der Waals surface area contributed by atoms with Crippen LogP contribution in [0.5, 0.6) is 0 Å². The van der Waals surface area contributed by atoms with E-state index >= 15 is 0 Å². The first-order valence-electron chi connectivity index (χ1n) is 7.78. The van der Waals surface area contributed by atoms with E-state index in [1.165, 1.54) is 12.8 Å². The molecule has 2 unspecified atom stereocenters. The second-order valence-corrected chi connectivity index (χ2v) is 7.47. The van der Waals surface area contributed by atoms with Crippen LogP contribution in [0.2, 0.25) is 0 Å². The maximum atomic E-state index is 12.4. The van der Waals surface area contributed by atoms with Gasteiger partial charge in [0.2, 0.25) is 0 Å². The van der Waals surface area contributed by atoms with Gasteiger partial charge in [-0.1, -0.05) is 6.92 Å². The molecule has 3 nitrogen and oxygen atoms in total. The first-order valence-corrected chi connectivity index (χ1v) is 8.86. The van der Waals surface area contributed by atoms with Gasteiger partial charge < -0.3 is 4.74 Å². The molecule has 0 aliphatic carbocycles. The van der Waals surface area contributed by atoms with E-state index in [9.17, 15) is 4.79 Å². The number of esters is 1. The first kappa shape index (κ1) is 15.3. The fourth-order valence-electron chi connectivity index (χ4n) is 3.99. The number of piperidine rings is 1. The lowest BCUT2D eigenvalue weighted by Crippen LogP contribution is -2.50. The van der Waals surface area contributed by atoms with Gasteiger partial charge in [-0.2, -0.15) is 0 Å². The number of carbonyl (C=O) groups is 1. The molecular weight excluding hydrogens is 377 g/mol. The molecule has 114 valence electrons. The average Bonchev–Trinajstić information content (AvgIpc) is 2.72. The Kier molecular flexibility index (Phi) is 4.54. The van der Waals surface area contributed by atoms with Gasteiger partial charge in [-0.3, -0.25) is 4.90 Å². The molecule has 0 aromatic heterocycles. The first-order chi connectivity index (χ1) is 10.1. The molecule has 0 N–H and O–H groups in total. The molecule has 2 saturated heterocycles. The van der Waals surface area contributed by atoms with E-state index in [1.54, 1.807) is 0 Å². The monoisotopic (exact) mass is 399 g/mol. The largest absolute Gasteiger partial charge is 0.458 e. The van der Waals surface area contributed by atoms with Crippen LogP contribution in [-0.4, -0.2) is 36.1 Å². The zero-order valence-corrected chi connectivity index (χ0v) is 14.7. The van der Waals surface area contributed by atoms with E-state index in [-0.39, 0.29) is 12.1 Å². The van der Waals surface area contributed by atoms with Crippen LogP contribution in [0.15, 0.2) is 24.3 Å². The third-order valence-corrected chi connectivity index (χ3v) is 5.90. The lowest BCUT2D eigenvalue weighted by molar-refractivity contribution is -0.0350. The molecule has 2 aliphatic heterocycles. The van der Waals surface area contributed by atoms with Crippen LogP contribution >= 0.6 is 22.6 Å². The van der Waals surface area contributed by atoms with Crippen LogP contribution in [0, 0.1) is 9.49 Å². The van der Waals surface area contributed by atoms with Gasteiger partial charge in [-0.15, -0.1) is 0 Å². The Hall–Kier alpha value is -0.620. The van der Waals surface area contributed by atoms with E-state index in [4.69, 9.17) is 4.74 Å². The summed E-state index contributed by atoms with van der Waals surface area (Å²) in [6, 6.07) is 8.79. The molecule has 0 saturated carbocycles. The molecule has 3 rings (SSSR count). The summed E-state index contributed by atoms with van der Waals surface area (Å²) in [4.78, 5) is 14.9. The van der Waals surface area contributed by atoms with Crippen LogP contribution in [0.25, 0.3) is 0 Å². The molecular formula is C17H22INO2. The van der Waals surface area contributed by atoms with E-state index in [0.29, 0.717) is 23.6 Å². The topological polar surface area (TPSA) is 29.5 Å². The number of fused-ring (bicyclic) bond motifs is 2. The summed E-state index contributed by atoms with van der Waals surface area (Å²) in [5.74, 6) is 0.306. The molecule has 21 heavy (non-hydrogen) atoms. The van der Waals surface area contributed by atoms with Crippen molar-refractivity contribution in [1.82, 2.24) is 4.90 Å². The number of ether oxygens (including phenoxy) is 1. The van der Waals surface area contributed by atoms with Gasteiger partial charge in [0.15, 0.2) is 0 Å². The number of carbonyl (C=O) groups excluding carboxylic acids is 1. The Morgan fingerprint density at radius 3 is 2.71 bits per heavy atom. The van der Waals surface area contributed by atoms with Gasteiger partial charge in [0, 0.05) is 28.0 Å². The Morgan fingerprint density at radius 2 is 2.05 bits per heavy atom. The fraction of sp³-hybridized carbons (Fsp3) is 0.588. The van der Waals surface area contributed by atoms with Crippen LogP contribution in [-0.2, 0) is 4.74 Å². The predicted octanol–water partition coefficient (Wildman–Crippen LogP) is 3.71. The summed E-state index contributed by atoms with van der Waals surface area (Å²) in [6.07, 6.45) is 4.64. The molecule has 2 aliphatic rings. The van der Waals surface area contributed by atoms with Gasteiger partial charge in [-0.25, -0.2) is 4.79 Å². The van der Waals surface area contributed by atoms with Gasteiger partial charge in [0.1, 0.15) is 6.10 Å². The minimum absolute atomic E-state index is 0.0791. The van der Waals surface area contributed by atoms with Crippen LogP contribution < -0.4 is 0 Å².